The third-order valence-corrected chi connectivity index (χ3v) is 6.21. The molecule has 5 nitrogen and oxygen atoms in total. The van der Waals surface area contributed by atoms with Gasteiger partial charge in [0, 0.05) is 62.2 Å². The van der Waals surface area contributed by atoms with Crippen LogP contribution in [0.15, 0.2) is 71.0 Å². The van der Waals surface area contributed by atoms with Crippen molar-refractivity contribution in [3.8, 4) is 0 Å². The first-order valence-corrected chi connectivity index (χ1v) is 10.5. The summed E-state index contributed by atoms with van der Waals surface area (Å²) in [7, 11) is 3.54. The van der Waals surface area contributed by atoms with E-state index in [2.05, 4.69) is 36.2 Å². The fourth-order valence-corrected chi connectivity index (χ4v) is 4.30. The van der Waals surface area contributed by atoms with Gasteiger partial charge in [-0.15, -0.1) is 6.58 Å². The maximum Gasteiger partial charge on any atom is 0.321 e. The number of rotatable bonds is 7. The van der Waals surface area contributed by atoms with E-state index in [1.165, 1.54) is 5.56 Å². The molecule has 0 saturated carbocycles. The number of methoxy groups -OCH3 is 1. The average molecular weight is 413 g/mol. The zero-order valence-electron chi connectivity index (χ0n) is 17.0. The van der Waals surface area contributed by atoms with Gasteiger partial charge in [-0.25, -0.2) is 4.79 Å². The van der Waals surface area contributed by atoms with Gasteiger partial charge in [0.15, 0.2) is 0 Å². The predicted molar refractivity (Wildman–Crippen MR) is 118 cm³/mol. The van der Waals surface area contributed by atoms with Crippen molar-refractivity contribution in [1.82, 2.24) is 5.32 Å². The van der Waals surface area contributed by atoms with E-state index in [1.807, 2.05) is 24.3 Å². The fourth-order valence-electron chi connectivity index (χ4n) is 3.42. The molecular formula is C23H28N2O3S. The number of carbonyl (C=O) groups excluding carboxylic acids is 1. The number of benzene rings is 2. The van der Waals surface area contributed by atoms with Crippen LogP contribution in [0, 0.1) is 0 Å². The Hall–Kier alpha value is -2.28. The van der Waals surface area contributed by atoms with E-state index in [9.17, 15) is 4.79 Å². The number of hydrogen-bond acceptors (Lipinski definition) is 4. The molecule has 29 heavy (non-hydrogen) atoms. The van der Waals surface area contributed by atoms with E-state index in [1.54, 1.807) is 36.9 Å². The van der Waals surface area contributed by atoms with Gasteiger partial charge in [0.05, 0.1) is 5.60 Å². The minimum atomic E-state index is -0.264. The molecule has 0 atom stereocenters. The van der Waals surface area contributed by atoms with Crippen molar-refractivity contribution in [1.29, 1.82) is 0 Å². The van der Waals surface area contributed by atoms with Crippen LogP contribution in [0.2, 0.25) is 0 Å². The van der Waals surface area contributed by atoms with E-state index in [0.29, 0.717) is 6.54 Å². The number of urea groups is 1. The van der Waals surface area contributed by atoms with E-state index in [0.717, 1.165) is 41.5 Å². The number of amides is 2. The monoisotopic (exact) mass is 412 g/mol. The van der Waals surface area contributed by atoms with Crippen molar-refractivity contribution in [3.63, 3.8) is 0 Å². The Morgan fingerprint density at radius 3 is 2.62 bits per heavy atom. The Kier molecular flexibility index (Phi) is 7.36. The van der Waals surface area contributed by atoms with E-state index in [4.69, 9.17) is 9.47 Å². The first-order chi connectivity index (χ1) is 14.1. The van der Waals surface area contributed by atoms with Crippen LogP contribution >= 0.6 is 11.8 Å². The molecule has 1 aliphatic heterocycles. The molecule has 1 fully saturated rings. The first kappa shape index (κ1) is 21.4. The zero-order valence-corrected chi connectivity index (χ0v) is 17.8. The number of anilines is 1. The Labute approximate surface area is 177 Å². The Balaban J connectivity index is 1.70. The number of nitrogens with one attached hydrogen (secondary N) is 1. The molecule has 2 aromatic rings. The quantitative estimate of drug-likeness (QED) is 0.663. The van der Waals surface area contributed by atoms with Crippen LogP contribution in [0.3, 0.4) is 0 Å². The normalized spacial score (nSPS) is 15.5. The molecule has 1 heterocycles. The van der Waals surface area contributed by atoms with Crippen LogP contribution in [0.1, 0.15) is 18.4 Å². The summed E-state index contributed by atoms with van der Waals surface area (Å²) in [5.74, 6) is 0. The van der Waals surface area contributed by atoms with Crippen molar-refractivity contribution in [2.24, 2.45) is 0 Å². The Bertz CT molecular complexity index is 832. The van der Waals surface area contributed by atoms with Crippen molar-refractivity contribution in [2.45, 2.75) is 28.2 Å². The highest BCUT2D eigenvalue weighted by atomic mass is 32.2. The molecule has 0 unspecified atom stereocenters. The van der Waals surface area contributed by atoms with Gasteiger partial charge in [-0.2, -0.15) is 0 Å². The fraction of sp³-hybridized carbons (Fsp3) is 0.348. The molecule has 0 aromatic heterocycles. The summed E-state index contributed by atoms with van der Waals surface area (Å²) in [6.45, 7) is 5.50. The second-order valence-electron chi connectivity index (χ2n) is 6.97. The van der Waals surface area contributed by atoms with E-state index < -0.39 is 0 Å². The van der Waals surface area contributed by atoms with Crippen molar-refractivity contribution < 1.29 is 14.3 Å². The summed E-state index contributed by atoms with van der Waals surface area (Å²) in [6, 6.07) is 16.4. The second kappa shape index (κ2) is 9.96. The maximum absolute atomic E-state index is 12.1. The van der Waals surface area contributed by atoms with E-state index >= 15 is 0 Å². The maximum atomic E-state index is 12.1. The lowest BCUT2D eigenvalue weighted by atomic mass is 9.86. The number of carbonyl (C=O) groups is 1. The van der Waals surface area contributed by atoms with E-state index in [-0.39, 0.29) is 11.6 Å². The summed E-state index contributed by atoms with van der Waals surface area (Å²) in [6.07, 6.45) is 3.40. The highest BCUT2D eigenvalue weighted by Crippen LogP contribution is 2.38. The number of hydrogen-bond donors (Lipinski definition) is 1. The molecular weight excluding hydrogens is 384 g/mol. The van der Waals surface area contributed by atoms with Gasteiger partial charge < -0.3 is 14.8 Å². The molecule has 154 valence electrons. The minimum absolute atomic E-state index is 0.153. The molecule has 2 amide bonds. The van der Waals surface area contributed by atoms with Crippen molar-refractivity contribution in [3.05, 3.63) is 66.7 Å². The number of ether oxygens (including phenoxy) is 2. The van der Waals surface area contributed by atoms with Gasteiger partial charge in [-0.1, -0.05) is 30.0 Å². The van der Waals surface area contributed by atoms with Gasteiger partial charge in [-0.3, -0.25) is 4.90 Å². The van der Waals surface area contributed by atoms with Crippen molar-refractivity contribution >= 4 is 23.5 Å². The van der Waals surface area contributed by atoms with Crippen LogP contribution in [-0.4, -0.2) is 39.9 Å². The van der Waals surface area contributed by atoms with Crippen LogP contribution in [0.4, 0.5) is 10.5 Å². The standard InChI is InChI=1S/C23H28N2O3S/c1-4-14-24-22(26)25(2)19-8-10-20(11-9-19)29-21-7-5-6-18(17-21)23(27-3)12-15-28-16-13-23/h4-11,17H,1,12-16H2,2-3H3,(H,24,26). The van der Waals surface area contributed by atoms with Gasteiger partial charge >= 0.3 is 6.03 Å². The highest BCUT2D eigenvalue weighted by Gasteiger charge is 2.34. The molecule has 3 rings (SSSR count). The SMILES string of the molecule is C=CCNC(=O)N(C)c1ccc(Sc2cccc(C3(OC)CCOCC3)c2)cc1. The predicted octanol–water partition coefficient (Wildman–Crippen LogP) is 4.82. The second-order valence-corrected chi connectivity index (χ2v) is 8.12. The summed E-state index contributed by atoms with van der Waals surface area (Å²) in [4.78, 5) is 15.9. The third kappa shape index (κ3) is 5.21. The molecule has 0 radical (unpaired) electrons. The van der Waals surface area contributed by atoms with Crippen LogP contribution in [0.25, 0.3) is 0 Å². The third-order valence-electron chi connectivity index (χ3n) is 5.21. The Morgan fingerprint density at radius 2 is 1.97 bits per heavy atom. The molecule has 1 aliphatic rings. The Morgan fingerprint density at radius 1 is 1.24 bits per heavy atom. The van der Waals surface area contributed by atoms with Crippen LogP contribution < -0.4 is 10.2 Å². The topological polar surface area (TPSA) is 50.8 Å². The summed E-state index contributed by atoms with van der Waals surface area (Å²) < 4.78 is 11.4. The summed E-state index contributed by atoms with van der Waals surface area (Å²) >= 11 is 1.70. The van der Waals surface area contributed by atoms with Gasteiger partial charge in [0.1, 0.15) is 0 Å². The lowest BCUT2D eigenvalue weighted by Crippen LogP contribution is -2.37. The van der Waals surface area contributed by atoms with Gasteiger partial charge in [0.25, 0.3) is 0 Å². The molecule has 0 spiro atoms. The molecule has 1 saturated heterocycles. The number of nitrogens with zero attached hydrogens (tertiary/aromatic N) is 1. The van der Waals surface area contributed by atoms with Crippen LogP contribution in [-0.2, 0) is 15.1 Å². The van der Waals surface area contributed by atoms with Crippen molar-refractivity contribution in [2.75, 3.05) is 38.8 Å². The summed E-state index contributed by atoms with van der Waals surface area (Å²) in [5.41, 5.74) is 1.77. The molecule has 0 bridgehead atoms. The van der Waals surface area contributed by atoms with Gasteiger partial charge in [0.2, 0.25) is 0 Å². The lowest BCUT2D eigenvalue weighted by Gasteiger charge is -2.36. The van der Waals surface area contributed by atoms with Gasteiger partial charge in [-0.05, 0) is 42.0 Å². The molecule has 0 aliphatic carbocycles. The summed E-state index contributed by atoms with van der Waals surface area (Å²) in [5, 5.41) is 2.77. The smallest absolute Gasteiger partial charge is 0.321 e. The molecule has 1 N–H and O–H groups in total. The highest BCUT2D eigenvalue weighted by molar-refractivity contribution is 7.99. The molecule has 2 aromatic carbocycles. The molecule has 6 heteroatoms. The zero-order chi connectivity index (χ0) is 20.7. The first-order valence-electron chi connectivity index (χ1n) is 9.72. The largest absolute Gasteiger partial charge is 0.381 e. The average Bonchev–Trinajstić information content (AvgIpc) is 2.78. The van der Waals surface area contributed by atoms with Crippen LogP contribution in [0.5, 0.6) is 0 Å². The lowest BCUT2D eigenvalue weighted by molar-refractivity contribution is -0.0948. The minimum Gasteiger partial charge on any atom is -0.381 e.